The fraction of sp³-hybridized carbons (Fsp3) is 0.467. The lowest BCUT2D eigenvalue weighted by Gasteiger charge is -2.07. The highest BCUT2D eigenvalue weighted by Crippen LogP contribution is 2.12. The number of hydrogen-bond acceptors (Lipinski definition) is 4. The highest BCUT2D eigenvalue weighted by molar-refractivity contribution is 5.94. The lowest BCUT2D eigenvalue weighted by molar-refractivity contribution is -0.143. The SMILES string of the molecule is CCOC(=O)CCCCCOc1ccc(C(=N)N)cc1. The molecule has 0 heterocycles. The lowest BCUT2D eigenvalue weighted by atomic mass is 10.2. The molecule has 5 heteroatoms. The Labute approximate surface area is 119 Å². The Kier molecular flexibility index (Phi) is 7.17. The summed E-state index contributed by atoms with van der Waals surface area (Å²) in [4.78, 5) is 11.1. The van der Waals surface area contributed by atoms with Crippen molar-refractivity contribution in [3.63, 3.8) is 0 Å². The van der Waals surface area contributed by atoms with Gasteiger partial charge in [-0.05, 0) is 50.5 Å². The molecule has 0 atom stereocenters. The zero-order chi connectivity index (χ0) is 14.8. The van der Waals surface area contributed by atoms with Gasteiger partial charge in [0.1, 0.15) is 11.6 Å². The number of benzene rings is 1. The zero-order valence-corrected chi connectivity index (χ0v) is 11.9. The standard InChI is InChI=1S/C15H22N2O3/c1-2-19-14(18)6-4-3-5-11-20-13-9-7-12(8-10-13)15(16)17/h7-10H,2-6,11H2,1H3,(H3,16,17). The van der Waals surface area contributed by atoms with Gasteiger partial charge in [-0.2, -0.15) is 0 Å². The highest BCUT2D eigenvalue weighted by Gasteiger charge is 2.01. The Morgan fingerprint density at radius 2 is 1.90 bits per heavy atom. The van der Waals surface area contributed by atoms with E-state index in [1.54, 1.807) is 24.3 Å². The lowest BCUT2D eigenvalue weighted by Crippen LogP contribution is -2.10. The molecule has 0 aromatic heterocycles. The van der Waals surface area contributed by atoms with Gasteiger partial charge in [-0.1, -0.05) is 0 Å². The Hall–Kier alpha value is -2.04. The number of ether oxygens (including phenoxy) is 2. The molecule has 0 saturated carbocycles. The van der Waals surface area contributed by atoms with Gasteiger partial charge in [0.2, 0.25) is 0 Å². The topological polar surface area (TPSA) is 85.4 Å². The van der Waals surface area contributed by atoms with Crippen molar-refractivity contribution in [3.8, 4) is 5.75 Å². The number of nitrogens with two attached hydrogens (primary N) is 1. The third kappa shape index (κ3) is 6.22. The van der Waals surface area contributed by atoms with Crippen LogP contribution in [0.1, 0.15) is 38.2 Å². The van der Waals surface area contributed by atoms with Crippen LogP contribution < -0.4 is 10.5 Å². The predicted octanol–water partition coefficient (Wildman–Crippen LogP) is 2.47. The van der Waals surface area contributed by atoms with Gasteiger partial charge >= 0.3 is 5.97 Å². The molecule has 20 heavy (non-hydrogen) atoms. The summed E-state index contributed by atoms with van der Waals surface area (Å²) in [5.74, 6) is 0.684. The van der Waals surface area contributed by atoms with E-state index in [2.05, 4.69) is 0 Å². The van der Waals surface area contributed by atoms with Gasteiger partial charge in [-0.3, -0.25) is 10.2 Å². The summed E-state index contributed by atoms with van der Waals surface area (Å²) in [5, 5.41) is 7.28. The summed E-state index contributed by atoms with van der Waals surface area (Å²) >= 11 is 0. The predicted molar refractivity (Wildman–Crippen MR) is 78.1 cm³/mol. The van der Waals surface area contributed by atoms with Crippen molar-refractivity contribution in [1.29, 1.82) is 5.41 Å². The quantitative estimate of drug-likeness (QED) is 0.314. The van der Waals surface area contributed by atoms with Crippen LogP contribution in [-0.4, -0.2) is 25.0 Å². The third-order valence-corrected chi connectivity index (χ3v) is 2.76. The molecule has 0 bridgehead atoms. The van der Waals surface area contributed by atoms with E-state index in [4.69, 9.17) is 20.6 Å². The maximum Gasteiger partial charge on any atom is 0.305 e. The summed E-state index contributed by atoms with van der Waals surface area (Å²) in [6.07, 6.45) is 3.13. The maximum absolute atomic E-state index is 11.1. The molecule has 1 aromatic carbocycles. The molecule has 0 fully saturated rings. The number of amidine groups is 1. The van der Waals surface area contributed by atoms with Gasteiger partial charge in [-0.15, -0.1) is 0 Å². The molecule has 0 aliphatic carbocycles. The Bertz CT molecular complexity index is 429. The summed E-state index contributed by atoms with van der Waals surface area (Å²) in [6, 6.07) is 7.13. The van der Waals surface area contributed by atoms with Gasteiger partial charge in [0.05, 0.1) is 13.2 Å². The van der Waals surface area contributed by atoms with E-state index in [1.807, 2.05) is 6.92 Å². The number of hydrogen-bond donors (Lipinski definition) is 2. The van der Waals surface area contributed by atoms with Crippen LogP contribution in [0.5, 0.6) is 5.75 Å². The van der Waals surface area contributed by atoms with Crippen LogP contribution in [0, 0.1) is 5.41 Å². The monoisotopic (exact) mass is 278 g/mol. The van der Waals surface area contributed by atoms with Crippen molar-refractivity contribution in [3.05, 3.63) is 29.8 Å². The molecule has 0 aliphatic heterocycles. The number of nitrogen functional groups attached to an aromatic ring is 1. The first-order valence-electron chi connectivity index (χ1n) is 6.86. The second-order valence-electron chi connectivity index (χ2n) is 4.40. The highest BCUT2D eigenvalue weighted by atomic mass is 16.5. The maximum atomic E-state index is 11.1. The van der Waals surface area contributed by atoms with Crippen LogP contribution in [0.3, 0.4) is 0 Å². The number of nitrogens with one attached hydrogen (secondary N) is 1. The molecule has 0 saturated heterocycles. The molecule has 0 radical (unpaired) electrons. The van der Waals surface area contributed by atoms with Crippen LogP contribution in [0.15, 0.2) is 24.3 Å². The average Bonchev–Trinajstić information content (AvgIpc) is 2.43. The van der Waals surface area contributed by atoms with Crippen LogP contribution in [-0.2, 0) is 9.53 Å². The van der Waals surface area contributed by atoms with Gasteiger partial charge in [-0.25, -0.2) is 0 Å². The van der Waals surface area contributed by atoms with E-state index >= 15 is 0 Å². The molecule has 0 amide bonds. The second kappa shape index (κ2) is 8.96. The minimum absolute atomic E-state index is 0.0514. The van der Waals surface area contributed by atoms with Crippen molar-refractivity contribution >= 4 is 11.8 Å². The largest absolute Gasteiger partial charge is 0.494 e. The van der Waals surface area contributed by atoms with E-state index in [1.165, 1.54) is 0 Å². The first-order valence-corrected chi connectivity index (χ1v) is 6.86. The fourth-order valence-electron chi connectivity index (χ4n) is 1.70. The third-order valence-electron chi connectivity index (χ3n) is 2.76. The Morgan fingerprint density at radius 1 is 1.20 bits per heavy atom. The molecular weight excluding hydrogens is 256 g/mol. The summed E-state index contributed by atoms with van der Waals surface area (Å²) < 4.78 is 10.4. The van der Waals surface area contributed by atoms with Crippen molar-refractivity contribution in [2.75, 3.05) is 13.2 Å². The van der Waals surface area contributed by atoms with Crippen molar-refractivity contribution in [2.45, 2.75) is 32.6 Å². The molecule has 5 nitrogen and oxygen atoms in total. The normalized spacial score (nSPS) is 10.1. The van der Waals surface area contributed by atoms with E-state index < -0.39 is 0 Å². The van der Waals surface area contributed by atoms with Crippen molar-refractivity contribution in [2.24, 2.45) is 5.73 Å². The van der Waals surface area contributed by atoms with Crippen LogP contribution in [0.25, 0.3) is 0 Å². The van der Waals surface area contributed by atoms with Gasteiger partial charge < -0.3 is 15.2 Å². The molecule has 0 spiro atoms. The summed E-state index contributed by atoms with van der Waals surface area (Å²) in [5.41, 5.74) is 6.06. The number of carbonyl (C=O) groups excluding carboxylic acids is 1. The van der Waals surface area contributed by atoms with E-state index in [9.17, 15) is 4.79 Å². The molecule has 1 rings (SSSR count). The average molecular weight is 278 g/mol. The number of esters is 1. The zero-order valence-electron chi connectivity index (χ0n) is 11.9. The van der Waals surface area contributed by atoms with Crippen LogP contribution in [0.2, 0.25) is 0 Å². The molecule has 0 aliphatic rings. The first-order chi connectivity index (χ1) is 9.63. The number of rotatable bonds is 9. The molecule has 1 aromatic rings. The van der Waals surface area contributed by atoms with Gasteiger partial charge in [0.25, 0.3) is 0 Å². The summed E-state index contributed by atoms with van der Waals surface area (Å²) in [7, 11) is 0. The first kappa shape index (κ1) is 16.0. The molecule has 3 N–H and O–H groups in total. The van der Waals surface area contributed by atoms with Crippen LogP contribution >= 0.6 is 0 Å². The summed E-state index contributed by atoms with van der Waals surface area (Å²) in [6.45, 7) is 2.86. The Balaban J connectivity index is 2.12. The van der Waals surface area contributed by atoms with Gasteiger partial charge in [0.15, 0.2) is 0 Å². The van der Waals surface area contributed by atoms with Gasteiger partial charge in [0, 0.05) is 12.0 Å². The fourth-order valence-corrected chi connectivity index (χ4v) is 1.70. The molecular formula is C15H22N2O3. The van der Waals surface area contributed by atoms with Crippen molar-refractivity contribution < 1.29 is 14.3 Å². The second-order valence-corrected chi connectivity index (χ2v) is 4.40. The Morgan fingerprint density at radius 3 is 2.50 bits per heavy atom. The smallest absolute Gasteiger partial charge is 0.305 e. The van der Waals surface area contributed by atoms with Crippen LogP contribution in [0.4, 0.5) is 0 Å². The number of unbranched alkanes of at least 4 members (excludes halogenated alkanes) is 2. The minimum atomic E-state index is -0.131. The molecule has 0 unspecified atom stereocenters. The number of carbonyl (C=O) groups is 1. The van der Waals surface area contributed by atoms with E-state index in [-0.39, 0.29) is 11.8 Å². The molecule has 110 valence electrons. The van der Waals surface area contributed by atoms with Crippen molar-refractivity contribution in [1.82, 2.24) is 0 Å². The van der Waals surface area contributed by atoms with E-state index in [0.717, 1.165) is 25.0 Å². The van der Waals surface area contributed by atoms with E-state index in [0.29, 0.717) is 25.2 Å². The minimum Gasteiger partial charge on any atom is -0.494 e.